The van der Waals surface area contributed by atoms with Gasteiger partial charge in [0.2, 0.25) is 0 Å². The van der Waals surface area contributed by atoms with E-state index in [0.717, 1.165) is 12.3 Å². The molecule has 148 valence electrons. The van der Waals surface area contributed by atoms with Crippen LogP contribution >= 0.6 is 0 Å². The lowest BCUT2D eigenvalue weighted by molar-refractivity contribution is -0.385. The van der Waals surface area contributed by atoms with Crippen LogP contribution in [0.5, 0.6) is 5.75 Å². The van der Waals surface area contributed by atoms with Crippen LogP contribution in [0.4, 0.5) is 14.5 Å². The maximum absolute atomic E-state index is 12.5. The summed E-state index contributed by atoms with van der Waals surface area (Å²) >= 11 is 0. The number of ether oxygens (including phenoxy) is 2. The van der Waals surface area contributed by atoms with Gasteiger partial charge in [0.15, 0.2) is 0 Å². The first-order valence-corrected chi connectivity index (χ1v) is 8.28. The number of rotatable bonds is 7. The van der Waals surface area contributed by atoms with Gasteiger partial charge >= 0.3 is 12.6 Å². The van der Waals surface area contributed by atoms with Gasteiger partial charge in [-0.3, -0.25) is 10.1 Å². The van der Waals surface area contributed by atoms with E-state index in [2.05, 4.69) is 9.72 Å². The molecule has 2 rings (SSSR count). The zero-order valence-corrected chi connectivity index (χ0v) is 15.4. The zero-order valence-electron chi connectivity index (χ0n) is 15.4. The maximum Gasteiger partial charge on any atom is 0.387 e. The van der Waals surface area contributed by atoms with Gasteiger partial charge in [-0.2, -0.15) is 8.78 Å². The molecule has 2 aromatic rings. The van der Waals surface area contributed by atoms with Crippen molar-refractivity contribution in [3.63, 3.8) is 0 Å². The lowest BCUT2D eigenvalue weighted by Gasteiger charge is -2.12. The van der Waals surface area contributed by atoms with Crippen molar-refractivity contribution >= 4 is 23.8 Å². The third-order valence-electron chi connectivity index (χ3n) is 3.73. The molecule has 0 N–H and O–H groups in total. The molecule has 9 heteroatoms. The highest BCUT2D eigenvalue weighted by Crippen LogP contribution is 2.27. The summed E-state index contributed by atoms with van der Waals surface area (Å²) in [5, 5.41) is 10.9. The Kier molecular flexibility index (Phi) is 6.75. The van der Waals surface area contributed by atoms with Crippen molar-refractivity contribution in [2.75, 3.05) is 6.61 Å². The van der Waals surface area contributed by atoms with Gasteiger partial charge in [0.1, 0.15) is 11.9 Å². The number of pyridine rings is 1. The lowest BCUT2D eigenvalue weighted by atomic mass is 10.0. The molecule has 1 heterocycles. The second-order valence-corrected chi connectivity index (χ2v) is 5.80. The molecule has 0 spiro atoms. The summed E-state index contributed by atoms with van der Waals surface area (Å²) in [5.74, 6) is -0.626. The second-order valence-electron chi connectivity index (χ2n) is 5.80. The van der Waals surface area contributed by atoms with Crippen molar-refractivity contribution < 1.29 is 28.0 Å². The van der Waals surface area contributed by atoms with Gasteiger partial charge in [-0.1, -0.05) is 6.08 Å². The number of benzene rings is 1. The van der Waals surface area contributed by atoms with Crippen molar-refractivity contribution in [2.24, 2.45) is 0 Å². The molecule has 1 aromatic carbocycles. The fourth-order valence-electron chi connectivity index (χ4n) is 2.60. The first-order valence-electron chi connectivity index (χ1n) is 8.28. The van der Waals surface area contributed by atoms with Crippen LogP contribution in [0.3, 0.4) is 0 Å². The number of aryl methyl sites for hydroxylation is 2. The third kappa shape index (κ3) is 5.09. The Bertz CT molecular complexity index is 906. The van der Waals surface area contributed by atoms with Crippen LogP contribution in [0.15, 0.2) is 24.4 Å². The van der Waals surface area contributed by atoms with Crippen molar-refractivity contribution in [1.82, 2.24) is 4.98 Å². The Morgan fingerprint density at radius 2 is 1.89 bits per heavy atom. The fourth-order valence-corrected chi connectivity index (χ4v) is 2.60. The quantitative estimate of drug-likeness (QED) is 0.390. The van der Waals surface area contributed by atoms with Crippen molar-refractivity contribution in [3.05, 3.63) is 62.5 Å². The third-order valence-corrected chi connectivity index (χ3v) is 3.73. The molecule has 0 aliphatic rings. The van der Waals surface area contributed by atoms with Crippen molar-refractivity contribution in [3.8, 4) is 5.75 Å². The van der Waals surface area contributed by atoms with Crippen molar-refractivity contribution in [1.29, 1.82) is 0 Å². The molecule has 28 heavy (non-hydrogen) atoms. The number of hydrogen-bond acceptors (Lipinski definition) is 6. The largest absolute Gasteiger partial charge is 0.462 e. The Hall–Kier alpha value is -3.36. The molecule has 0 amide bonds. The molecule has 0 aliphatic heterocycles. The van der Waals surface area contributed by atoms with Crippen LogP contribution in [-0.2, 0) is 4.74 Å². The predicted octanol–water partition coefficient (Wildman–Crippen LogP) is 4.56. The van der Waals surface area contributed by atoms with Gasteiger partial charge in [-0.05, 0) is 55.7 Å². The highest BCUT2D eigenvalue weighted by atomic mass is 19.3. The fraction of sp³-hybridized carbons (Fsp3) is 0.263. The first-order chi connectivity index (χ1) is 13.2. The summed E-state index contributed by atoms with van der Waals surface area (Å²) in [5.41, 5.74) is 1.50. The molecule has 0 saturated carbocycles. The van der Waals surface area contributed by atoms with E-state index in [0.29, 0.717) is 16.7 Å². The average molecular weight is 392 g/mol. The standard InChI is InChI=1S/C19H18F2N2O5/c1-4-27-18(24)15-9-14(23(25)26)10-22-16(15)6-5-13-7-11(2)17(12(3)8-13)28-19(20)21/h5-10,19H,4H2,1-3H3/b6-5+. The van der Waals surface area contributed by atoms with Crippen molar-refractivity contribution in [2.45, 2.75) is 27.4 Å². The molecular formula is C19H18F2N2O5. The second kappa shape index (κ2) is 9.03. The summed E-state index contributed by atoms with van der Waals surface area (Å²) < 4.78 is 34.4. The minimum atomic E-state index is -2.92. The molecule has 0 saturated heterocycles. The molecule has 0 radical (unpaired) electrons. The zero-order chi connectivity index (χ0) is 20.8. The smallest absolute Gasteiger partial charge is 0.387 e. The van der Waals surface area contributed by atoms with Gasteiger partial charge < -0.3 is 9.47 Å². The first kappa shape index (κ1) is 20.9. The molecule has 0 fully saturated rings. The van der Waals surface area contributed by atoms with Gasteiger partial charge in [-0.15, -0.1) is 0 Å². The number of nitrogens with zero attached hydrogens (tertiary/aromatic N) is 2. The normalized spacial score (nSPS) is 11.1. The predicted molar refractivity (Wildman–Crippen MR) is 98.3 cm³/mol. The number of alkyl halides is 2. The SMILES string of the molecule is CCOC(=O)c1cc([N+](=O)[O-])cnc1/C=C/c1cc(C)c(OC(F)F)c(C)c1. The summed E-state index contributed by atoms with van der Waals surface area (Å²) in [4.78, 5) is 26.4. The van der Waals surface area contributed by atoms with Crippen LogP contribution in [0.2, 0.25) is 0 Å². The van der Waals surface area contributed by atoms with Gasteiger partial charge in [-0.25, -0.2) is 9.78 Å². The van der Waals surface area contributed by atoms with Crippen LogP contribution in [0, 0.1) is 24.0 Å². The summed E-state index contributed by atoms with van der Waals surface area (Å²) in [6, 6.07) is 4.37. The maximum atomic E-state index is 12.5. The Labute approximate surface area is 159 Å². The number of aromatic nitrogens is 1. The number of esters is 1. The van der Waals surface area contributed by atoms with Crippen LogP contribution in [0.1, 0.15) is 39.7 Å². The summed E-state index contributed by atoms with van der Waals surface area (Å²) in [7, 11) is 0. The van der Waals surface area contributed by atoms with Crippen LogP contribution < -0.4 is 4.74 Å². The highest BCUT2D eigenvalue weighted by molar-refractivity contribution is 5.94. The Balaban J connectivity index is 2.40. The van der Waals surface area contributed by atoms with E-state index in [-0.39, 0.29) is 29.3 Å². The summed E-state index contributed by atoms with van der Waals surface area (Å²) in [6.45, 7) is 2.07. The number of carbonyl (C=O) groups excluding carboxylic acids is 1. The molecular weight excluding hydrogens is 374 g/mol. The van der Waals surface area contributed by atoms with Crippen LogP contribution in [-0.4, -0.2) is 29.1 Å². The van der Waals surface area contributed by atoms with Gasteiger partial charge in [0, 0.05) is 6.07 Å². The van der Waals surface area contributed by atoms with Crippen LogP contribution in [0.25, 0.3) is 12.2 Å². The Morgan fingerprint density at radius 1 is 1.25 bits per heavy atom. The van der Waals surface area contributed by atoms with E-state index in [1.807, 2.05) is 0 Å². The molecule has 0 aliphatic carbocycles. The van der Waals surface area contributed by atoms with E-state index in [4.69, 9.17) is 4.74 Å². The van der Waals surface area contributed by atoms with E-state index in [9.17, 15) is 23.7 Å². The van der Waals surface area contributed by atoms with Gasteiger partial charge in [0.05, 0.1) is 22.8 Å². The number of halogens is 2. The monoisotopic (exact) mass is 392 g/mol. The minimum absolute atomic E-state index is 0.0432. The van der Waals surface area contributed by atoms with E-state index in [1.165, 1.54) is 6.08 Å². The van der Waals surface area contributed by atoms with E-state index >= 15 is 0 Å². The molecule has 7 nitrogen and oxygen atoms in total. The average Bonchev–Trinajstić information content (AvgIpc) is 2.62. The summed E-state index contributed by atoms with van der Waals surface area (Å²) in [6.07, 6.45) is 4.15. The molecule has 0 unspecified atom stereocenters. The topological polar surface area (TPSA) is 91.6 Å². The van der Waals surface area contributed by atoms with E-state index < -0.39 is 17.5 Å². The van der Waals surface area contributed by atoms with E-state index in [1.54, 1.807) is 39.0 Å². The number of hydrogen-bond donors (Lipinski definition) is 0. The molecule has 0 atom stereocenters. The lowest BCUT2D eigenvalue weighted by Crippen LogP contribution is -2.08. The number of nitro groups is 1. The Morgan fingerprint density at radius 3 is 2.43 bits per heavy atom. The highest BCUT2D eigenvalue weighted by Gasteiger charge is 2.18. The molecule has 1 aromatic heterocycles. The number of carbonyl (C=O) groups is 1. The minimum Gasteiger partial charge on any atom is -0.462 e. The molecule has 0 bridgehead atoms. The van der Waals surface area contributed by atoms with Gasteiger partial charge in [0.25, 0.3) is 5.69 Å².